The fourth-order valence-electron chi connectivity index (χ4n) is 3.95. The number of amides is 1. The van der Waals surface area contributed by atoms with E-state index in [9.17, 15) is 13.2 Å². The molecular weight excluding hydrogens is 386 g/mol. The van der Waals surface area contributed by atoms with Crippen LogP contribution in [0.2, 0.25) is 0 Å². The molecule has 1 atom stereocenters. The number of aryl methyl sites for hydroxylation is 1. The Hall–Kier alpha value is -2.38. The lowest BCUT2D eigenvalue weighted by Crippen LogP contribution is -2.35. The van der Waals surface area contributed by atoms with Gasteiger partial charge in [0.2, 0.25) is 15.9 Å². The summed E-state index contributed by atoms with van der Waals surface area (Å²) in [7, 11) is -3.61. The quantitative estimate of drug-likeness (QED) is 0.754. The first-order valence-corrected chi connectivity index (χ1v) is 11.4. The number of sulfonamides is 1. The molecule has 2 aromatic rings. The number of fused-ring (bicyclic) bond motifs is 1. The minimum absolute atomic E-state index is 0.0270. The molecule has 1 unspecified atom stereocenters. The first-order valence-electron chi connectivity index (χ1n) is 9.97. The van der Waals surface area contributed by atoms with Crippen molar-refractivity contribution in [3.63, 3.8) is 0 Å². The molecule has 0 radical (unpaired) electrons. The minimum atomic E-state index is -3.61. The van der Waals surface area contributed by atoms with Gasteiger partial charge >= 0.3 is 0 Å². The van der Waals surface area contributed by atoms with E-state index in [4.69, 9.17) is 0 Å². The molecule has 0 aliphatic carbocycles. The summed E-state index contributed by atoms with van der Waals surface area (Å²) in [6, 6.07) is 13.2. The number of anilines is 2. The standard InChI is InChI=1S/C22H29N3O3S/c1-5-24(20-8-6-7-16(2)13-20)12-11-23-29(27,28)21-9-10-22-19(15-21)14-17(3)25(22)18(4)26/h6-10,13,15,17,23H,5,11-12,14H2,1-4H3. The topological polar surface area (TPSA) is 69.7 Å². The van der Waals surface area contributed by atoms with E-state index in [1.54, 1.807) is 23.1 Å². The molecule has 0 spiro atoms. The maximum absolute atomic E-state index is 12.8. The summed E-state index contributed by atoms with van der Waals surface area (Å²) in [6.45, 7) is 9.30. The highest BCUT2D eigenvalue weighted by Crippen LogP contribution is 2.33. The molecule has 0 fully saturated rings. The second-order valence-corrected chi connectivity index (χ2v) is 9.32. The Kier molecular flexibility index (Phi) is 6.29. The molecule has 0 saturated heterocycles. The molecule has 1 amide bonds. The van der Waals surface area contributed by atoms with Crippen molar-refractivity contribution in [2.24, 2.45) is 0 Å². The average molecular weight is 416 g/mol. The first-order chi connectivity index (χ1) is 13.7. The van der Waals surface area contributed by atoms with E-state index in [0.717, 1.165) is 23.5 Å². The number of nitrogens with one attached hydrogen (secondary N) is 1. The van der Waals surface area contributed by atoms with Crippen LogP contribution < -0.4 is 14.5 Å². The van der Waals surface area contributed by atoms with Crippen LogP contribution >= 0.6 is 0 Å². The Morgan fingerprint density at radius 1 is 1.24 bits per heavy atom. The van der Waals surface area contributed by atoms with Gasteiger partial charge in [-0.3, -0.25) is 4.79 Å². The van der Waals surface area contributed by atoms with Gasteiger partial charge in [0.25, 0.3) is 0 Å². The molecule has 0 bridgehead atoms. The van der Waals surface area contributed by atoms with E-state index in [2.05, 4.69) is 22.6 Å². The summed E-state index contributed by atoms with van der Waals surface area (Å²) in [5.41, 5.74) is 3.96. The van der Waals surface area contributed by atoms with E-state index in [1.807, 2.05) is 32.0 Å². The number of hydrogen-bond acceptors (Lipinski definition) is 4. The van der Waals surface area contributed by atoms with Gasteiger partial charge in [-0.05, 0) is 68.7 Å². The van der Waals surface area contributed by atoms with E-state index in [0.29, 0.717) is 19.5 Å². The lowest BCUT2D eigenvalue weighted by Gasteiger charge is -2.23. The maximum atomic E-state index is 12.8. The molecular formula is C22H29N3O3S. The van der Waals surface area contributed by atoms with Gasteiger partial charge < -0.3 is 9.80 Å². The van der Waals surface area contributed by atoms with Gasteiger partial charge in [-0.25, -0.2) is 13.1 Å². The maximum Gasteiger partial charge on any atom is 0.240 e. The number of nitrogens with zero attached hydrogens (tertiary/aromatic N) is 2. The Bertz CT molecular complexity index is 1000. The molecule has 3 rings (SSSR count). The van der Waals surface area contributed by atoms with Crippen LogP contribution in [0.25, 0.3) is 0 Å². The highest BCUT2D eigenvalue weighted by atomic mass is 32.2. The van der Waals surface area contributed by atoms with Crippen molar-refractivity contribution in [2.75, 3.05) is 29.4 Å². The zero-order chi connectivity index (χ0) is 21.2. The summed E-state index contributed by atoms with van der Waals surface area (Å²) < 4.78 is 28.3. The average Bonchev–Trinajstić information content (AvgIpc) is 3.00. The molecule has 1 heterocycles. The van der Waals surface area contributed by atoms with Gasteiger partial charge in [0.1, 0.15) is 0 Å². The molecule has 156 valence electrons. The van der Waals surface area contributed by atoms with Gasteiger partial charge in [0.15, 0.2) is 0 Å². The van der Waals surface area contributed by atoms with E-state index < -0.39 is 10.0 Å². The smallest absolute Gasteiger partial charge is 0.240 e. The van der Waals surface area contributed by atoms with Crippen LogP contribution in [0.1, 0.15) is 31.9 Å². The molecule has 1 N–H and O–H groups in total. The minimum Gasteiger partial charge on any atom is -0.370 e. The van der Waals surface area contributed by atoms with Crippen LogP contribution in [0.4, 0.5) is 11.4 Å². The third-order valence-electron chi connectivity index (χ3n) is 5.34. The monoisotopic (exact) mass is 415 g/mol. The molecule has 0 saturated carbocycles. The van der Waals surface area contributed by atoms with Crippen LogP contribution in [0.5, 0.6) is 0 Å². The SMILES string of the molecule is CCN(CCNS(=O)(=O)c1ccc2c(c1)CC(C)N2C(C)=O)c1cccc(C)c1. The molecule has 2 aromatic carbocycles. The zero-order valence-electron chi connectivity index (χ0n) is 17.5. The first kappa shape index (κ1) is 21.3. The van der Waals surface area contributed by atoms with E-state index in [-0.39, 0.29) is 16.8 Å². The summed E-state index contributed by atoms with van der Waals surface area (Å²) in [6.07, 6.45) is 0.662. The fraction of sp³-hybridized carbons (Fsp3) is 0.409. The fourth-order valence-corrected chi connectivity index (χ4v) is 5.02. The van der Waals surface area contributed by atoms with Crippen LogP contribution in [0.15, 0.2) is 47.4 Å². The van der Waals surface area contributed by atoms with Crippen molar-refractivity contribution in [3.05, 3.63) is 53.6 Å². The second kappa shape index (κ2) is 8.55. The highest BCUT2D eigenvalue weighted by Gasteiger charge is 2.30. The predicted molar refractivity (Wildman–Crippen MR) is 117 cm³/mol. The Balaban J connectivity index is 1.69. The number of benzene rings is 2. The third kappa shape index (κ3) is 4.62. The molecule has 29 heavy (non-hydrogen) atoms. The number of carbonyl (C=O) groups excluding carboxylic acids is 1. The molecule has 1 aliphatic rings. The lowest BCUT2D eigenvalue weighted by atomic mass is 10.1. The van der Waals surface area contributed by atoms with Crippen molar-refractivity contribution in [3.8, 4) is 0 Å². The van der Waals surface area contributed by atoms with Gasteiger partial charge in [0.05, 0.1) is 4.90 Å². The Morgan fingerprint density at radius 2 is 2.00 bits per heavy atom. The number of hydrogen-bond donors (Lipinski definition) is 1. The largest absolute Gasteiger partial charge is 0.370 e. The number of likely N-dealkylation sites (N-methyl/N-ethyl adjacent to an activating group) is 1. The Morgan fingerprint density at radius 3 is 2.66 bits per heavy atom. The summed E-state index contributed by atoms with van der Waals surface area (Å²) in [5.74, 6) is -0.0270. The second-order valence-electron chi connectivity index (χ2n) is 7.55. The third-order valence-corrected chi connectivity index (χ3v) is 6.80. The van der Waals surface area contributed by atoms with Crippen molar-refractivity contribution >= 4 is 27.3 Å². The van der Waals surface area contributed by atoms with Crippen LogP contribution in [0.3, 0.4) is 0 Å². The summed E-state index contributed by atoms with van der Waals surface area (Å²) >= 11 is 0. The van der Waals surface area contributed by atoms with Crippen molar-refractivity contribution < 1.29 is 13.2 Å². The summed E-state index contributed by atoms with van der Waals surface area (Å²) in [5, 5.41) is 0. The van der Waals surface area contributed by atoms with Crippen LogP contribution in [-0.4, -0.2) is 40.0 Å². The highest BCUT2D eigenvalue weighted by molar-refractivity contribution is 7.89. The van der Waals surface area contributed by atoms with Gasteiger partial charge in [-0.1, -0.05) is 12.1 Å². The van der Waals surface area contributed by atoms with Gasteiger partial charge in [-0.15, -0.1) is 0 Å². The lowest BCUT2D eigenvalue weighted by molar-refractivity contribution is -0.116. The van der Waals surface area contributed by atoms with Crippen molar-refractivity contribution in [1.29, 1.82) is 0 Å². The van der Waals surface area contributed by atoms with Gasteiger partial charge in [0, 0.05) is 44.0 Å². The number of rotatable bonds is 7. The van der Waals surface area contributed by atoms with Crippen molar-refractivity contribution in [2.45, 2.75) is 45.1 Å². The molecule has 1 aliphatic heterocycles. The van der Waals surface area contributed by atoms with Crippen LogP contribution in [-0.2, 0) is 21.2 Å². The number of carbonyl (C=O) groups is 1. The normalized spacial score (nSPS) is 16.0. The predicted octanol–water partition coefficient (Wildman–Crippen LogP) is 3.10. The Labute approximate surface area is 173 Å². The summed E-state index contributed by atoms with van der Waals surface area (Å²) in [4.78, 5) is 16.0. The van der Waals surface area contributed by atoms with Crippen LogP contribution in [0, 0.1) is 6.92 Å². The van der Waals surface area contributed by atoms with Gasteiger partial charge in [-0.2, -0.15) is 0 Å². The molecule has 0 aromatic heterocycles. The van der Waals surface area contributed by atoms with E-state index in [1.165, 1.54) is 12.5 Å². The molecule has 6 nitrogen and oxygen atoms in total. The zero-order valence-corrected chi connectivity index (χ0v) is 18.3. The molecule has 7 heteroatoms. The van der Waals surface area contributed by atoms with E-state index >= 15 is 0 Å². The van der Waals surface area contributed by atoms with Crippen molar-refractivity contribution in [1.82, 2.24) is 4.72 Å².